The van der Waals surface area contributed by atoms with Crippen LogP contribution >= 0.6 is 0 Å². The number of hydrogen-bond donors (Lipinski definition) is 2. The van der Waals surface area contributed by atoms with Crippen LogP contribution in [-0.2, 0) is 17.4 Å². The summed E-state index contributed by atoms with van der Waals surface area (Å²) in [7, 11) is 3.50. The van der Waals surface area contributed by atoms with Gasteiger partial charge >= 0.3 is 0 Å². The van der Waals surface area contributed by atoms with Crippen LogP contribution in [0.1, 0.15) is 18.9 Å². The van der Waals surface area contributed by atoms with E-state index in [-0.39, 0.29) is 11.9 Å². The Kier molecular flexibility index (Phi) is 2.57. The van der Waals surface area contributed by atoms with Gasteiger partial charge in [-0.2, -0.15) is 5.10 Å². The van der Waals surface area contributed by atoms with Crippen LogP contribution < -0.4 is 5.32 Å². The molecule has 0 saturated carbocycles. The molecule has 3 rings (SSSR count). The summed E-state index contributed by atoms with van der Waals surface area (Å²) in [6.07, 6.45) is 2.28. The van der Waals surface area contributed by atoms with Crippen molar-refractivity contribution < 1.29 is 4.79 Å². The number of nitrogens with one attached hydrogen (secondary N) is 2. The van der Waals surface area contributed by atoms with Crippen molar-refractivity contribution in [3.8, 4) is 0 Å². The number of guanidine groups is 1. The Labute approximate surface area is 116 Å². The highest BCUT2D eigenvalue weighted by Crippen LogP contribution is 2.30. The van der Waals surface area contributed by atoms with Crippen molar-refractivity contribution in [3.05, 3.63) is 30.0 Å². The zero-order valence-corrected chi connectivity index (χ0v) is 11.8. The van der Waals surface area contributed by atoms with Crippen LogP contribution in [0, 0.1) is 5.41 Å². The molecule has 104 valence electrons. The summed E-state index contributed by atoms with van der Waals surface area (Å²) in [6, 6.07) is 5.94. The number of nitrogens with zero attached hydrogens (tertiary/aromatic N) is 3. The molecule has 1 aliphatic heterocycles. The molecule has 6 nitrogen and oxygen atoms in total. The van der Waals surface area contributed by atoms with Gasteiger partial charge in [-0.25, -0.2) is 0 Å². The molecule has 2 aromatic rings. The van der Waals surface area contributed by atoms with Gasteiger partial charge in [0.15, 0.2) is 5.96 Å². The van der Waals surface area contributed by atoms with Crippen LogP contribution in [0.25, 0.3) is 10.9 Å². The average molecular weight is 271 g/mol. The third kappa shape index (κ3) is 1.84. The molecule has 6 heteroatoms. The zero-order chi connectivity index (χ0) is 14.5. The number of amides is 1. The second-order valence-electron chi connectivity index (χ2n) is 5.51. The molecule has 2 N–H and O–H groups in total. The fourth-order valence-electron chi connectivity index (χ4n) is 2.60. The molecule has 1 aromatic carbocycles. The molecule has 1 saturated heterocycles. The first-order valence-electron chi connectivity index (χ1n) is 6.46. The van der Waals surface area contributed by atoms with Gasteiger partial charge < -0.3 is 5.32 Å². The highest BCUT2D eigenvalue weighted by Gasteiger charge is 2.37. The number of aromatic nitrogens is 2. The molecule has 0 radical (unpaired) electrons. The summed E-state index contributed by atoms with van der Waals surface area (Å²) in [5.41, 5.74) is 1.36. The van der Waals surface area contributed by atoms with E-state index in [1.165, 1.54) is 4.90 Å². The molecule has 0 aliphatic carbocycles. The van der Waals surface area contributed by atoms with Gasteiger partial charge in [-0.05, 0) is 24.6 Å². The summed E-state index contributed by atoms with van der Waals surface area (Å²) in [5.74, 6) is 0.0811. The van der Waals surface area contributed by atoms with Crippen LogP contribution in [0.2, 0.25) is 0 Å². The summed E-state index contributed by atoms with van der Waals surface area (Å²) in [6.45, 7) is 1.95. The van der Waals surface area contributed by atoms with Crippen LogP contribution in [0.3, 0.4) is 0 Å². The number of aryl methyl sites for hydroxylation is 1. The fraction of sp³-hybridized carbons (Fsp3) is 0.357. The maximum Gasteiger partial charge on any atom is 0.231 e. The van der Waals surface area contributed by atoms with Gasteiger partial charge in [-0.15, -0.1) is 0 Å². The Morgan fingerprint density at radius 3 is 2.85 bits per heavy atom. The molecule has 0 unspecified atom stereocenters. The second-order valence-corrected chi connectivity index (χ2v) is 5.51. The van der Waals surface area contributed by atoms with Crippen molar-refractivity contribution in [2.24, 2.45) is 7.05 Å². The first-order valence-corrected chi connectivity index (χ1v) is 6.46. The Hall–Kier alpha value is -2.37. The topological polar surface area (TPSA) is 74.0 Å². The third-order valence-corrected chi connectivity index (χ3v) is 3.86. The molecule has 1 fully saturated rings. The number of hydrogen-bond acceptors (Lipinski definition) is 3. The minimum absolute atomic E-state index is 0.0532. The lowest BCUT2D eigenvalue weighted by Gasteiger charge is -2.39. The Morgan fingerprint density at radius 2 is 2.15 bits per heavy atom. The molecule has 2 heterocycles. The van der Waals surface area contributed by atoms with Crippen molar-refractivity contribution in [1.82, 2.24) is 20.0 Å². The predicted octanol–water partition coefficient (Wildman–Crippen LogP) is 1.17. The normalized spacial score (nSPS) is 23.2. The van der Waals surface area contributed by atoms with E-state index < -0.39 is 5.54 Å². The van der Waals surface area contributed by atoms with E-state index in [2.05, 4.69) is 10.4 Å². The smallest absolute Gasteiger partial charge is 0.231 e. The standard InChI is InChI=1S/C14H17N5O/c1-14(7-12(20)19(3)13(15)16-14)10-4-5-11-9(6-10)8-18(2)17-11/h4-6,8H,7H2,1-3H3,(H2,15,16)/t14-/m0/s1. The lowest BCUT2D eigenvalue weighted by atomic mass is 9.86. The van der Waals surface area contributed by atoms with Gasteiger partial charge in [-0.3, -0.25) is 19.8 Å². The average Bonchev–Trinajstić information content (AvgIpc) is 2.74. The van der Waals surface area contributed by atoms with E-state index in [9.17, 15) is 4.79 Å². The van der Waals surface area contributed by atoms with Gasteiger partial charge in [0, 0.05) is 25.7 Å². The number of fused-ring (bicyclic) bond motifs is 1. The van der Waals surface area contributed by atoms with Crippen molar-refractivity contribution in [2.45, 2.75) is 18.9 Å². The Bertz CT molecular complexity index is 699. The van der Waals surface area contributed by atoms with Gasteiger partial charge in [0.2, 0.25) is 5.91 Å². The van der Waals surface area contributed by atoms with Crippen molar-refractivity contribution in [3.63, 3.8) is 0 Å². The highest BCUT2D eigenvalue weighted by molar-refractivity contribution is 5.99. The van der Waals surface area contributed by atoms with Crippen molar-refractivity contribution >= 4 is 22.8 Å². The van der Waals surface area contributed by atoms with Crippen LogP contribution in [0.4, 0.5) is 0 Å². The number of carbonyl (C=O) groups is 1. The van der Waals surface area contributed by atoms with E-state index in [4.69, 9.17) is 5.41 Å². The number of carbonyl (C=O) groups excluding carboxylic acids is 1. The van der Waals surface area contributed by atoms with E-state index in [0.29, 0.717) is 6.42 Å². The minimum atomic E-state index is -0.551. The van der Waals surface area contributed by atoms with Crippen molar-refractivity contribution in [1.29, 1.82) is 5.41 Å². The summed E-state index contributed by atoms with van der Waals surface area (Å²) >= 11 is 0. The predicted molar refractivity (Wildman–Crippen MR) is 76.3 cm³/mol. The molecule has 20 heavy (non-hydrogen) atoms. The quantitative estimate of drug-likeness (QED) is 0.817. The van der Waals surface area contributed by atoms with E-state index in [1.807, 2.05) is 38.4 Å². The van der Waals surface area contributed by atoms with E-state index in [0.717, 1.165) is 16.5 Å². The van der Waals surface area contributed by atoms with Crippen LogP contribution in [0.15, 0.2) is 24.4 Å². The molecule has 1 atom stereocenters. The van der Waals surface area contributed by atoms with Crippen LogP contribution in [-0.4, -0.2) is 33.6 Å². The van der Waals surface area contributed by atoms with E-state index >= 15 is 0 Å². The van der Waals surface area contributed by atoms with Crippen LogP contribution in [0.5, 0.6) is 0 Å². The monoisotopic (exact) mass is 271 g/mol. The third-order valence-electron chi connectivity index (χ3n) is 3.86. The van der Waals surface area contributed by atoms with Gasteiger partial charge in [0.05, 0.1) is 17.5 Å². The maximum atomic E-state index is 12.0. The van der Waals surface area contributed by atoms with E-state index in [1.54, 1.807) is 11.7 Å². The minimum Gasteiger partial charge on any atom is -0.346 e. The SMILES string of the molecule is CN1C(=N)N[C@](C)(c2ccc3nn(C)cc3c2)CC1=O. The molecule has 1 amide bonds. The summed E-state index contributed by atoms with van der Waals surface area (Å²) in [4.78, 5) is 13.3. The summed E-state index contributed by atoms with van der Waals surface area (Å²) < 4.78 is 1.77. The molecular weight excluding hydrogens is 254 g/mol. The second kappa shape index (κ2) is 4.06. The lowest BCUT2D eigenvalue weighted by Crippen LogP contribution is -2.58. The largest absolute Gasteiger partial charge is 0.346 e. The Balaban J connectivity index is 2.04. The van der Waals surface area contributed by atoms with Gasteiger partial charge in [0.25, 0.3) is 0 Å². The van der Waals surface area contributed by atoms with Crippen molar-refractivity contribution in [2.75, 3.05) is 7.05 Å². The van der Waals surface area contributed by atoms with Gasteiger partial charge in [-0.1, -0.05) is 6.07 Å². The summed E-state index contributed by atoms with van der Waals surface area (Å²) in [5, 5.41) is 16.4. The lowest BCUT2D eigenvalue weighted by molar-refractivity contribution is -0.129. The zero-order valence-electron chi connectivity index (χ0n) is 11.8. The fourth-order valence-corrected chi connectivity index (χ4v) is 2.60. The first-order chi connectivity index (χ1) is 9.39. The first kappa shape index (κ1) is 12.7. The maximum absolute atomic E-state index is 12.0. The van der Waals surface area contributed by atoms with Gasteiger partial charge in [0.1, 0.15) is 0 Å². The highest BCUT2D eigenvalue weighted by atomic mass is 16.2. The molecule has 1 aliphatic rings. The molecule has 0 bridgehead atoms. The number of rotatable bonds is 1. The molecule has 0 spiro atoms. The molecular formula is C14H17N5O. The molecule has 1 aromatic heterocycles. The Morgan fingerprint density at radius 1 is 1.40 bits per heavy atom. The number of benzene rings is 1.